The monoisotopic (exact) mass is 367 g/mol. The summed E-state index contributed by atoms with van der Waals surface area (Å²) in [5, 5.41) is 2.71. The van der Waals surface area contributed by atoms with Crippen LogP contribution in [0.1, 0.15) is 36.7 Å². The molecule has 25 heavy (non-hydrogen) atoms. The topological polar surface area (TPSA) is 69.7 Å². The molecule has 1 fully saturated rings. The van der Waals surface area contributed by atoms with E-state index in [9.17, 15) is 13.2 Å². The van der Waals surface area contributed by atoms with Gasteiger partial charge in [-0.05, 0) is 30.2 Å². The van der Waals surface area contributed by atoms with Gasteiger partial charge in [-0.1, -0.05) is 32.9 Å². The number of rotatable bonds is 5. The van der Waals surface area contributed by atoms with Crippen molar-refractivity contribution in [2.45, 2.75) is 26.2 Å². The van der Waals surface area contributed by atoms with Crippen molar-refractivity contribution >= 4 is 15.9 Å². The molecule has 2 rings (SSSR count). The van der Waals surface area contributed by atoms with Crippen molar-refractivity contribution in [3.05, 3.63) is 35.4 Å². The Balaban J connectivity index is 1.85. The summed E-state index contributed by atoms with van der Waals surface area (Å²) >= 11 is 0. The zero-order valence-corrected chi connectivity index (χ0v) is 16.4. The average molecular weight is 368 g/mol. The van der Waals surface area contributed by atoms with Crippen molar-refractivity contribution < 1.29 is 13.2 Å². The van der Waals surface area contributed by atoms with Crippen LogP contribution in [-0.4, -0.2) is 69.1 Å². The molecule has 1 amide bonds. The van der Waals surface area contributed by atoms with Crippen molar-refractivity contribution in [1.82, 2.24) is 14.5 Å². The summed E-state index contributed by atoms with van der Waals surface area (Å²) in [6.45, 7) is 8.98. The van der Waals surface area contributed by atoms with E-state index in [1.165, 1.54) is 4.31 Å². The highest BCUT2D eigenvalue weighted by Gasteiger charge is 2.25. The standard InChI is InChI=1S/C18H29N3O3S/c1-18(2,3)16-7-5-15(6-8-16)17(22)19-9-14-25(23,24)21-12-10-20(4)11-13-21/h5-8H,9-14H2,1-4H3,(H,19,22). The van der Waals surface area contributed by atoms with Crippen LogP contribution < -0.4 is 5.32 Å². The minimum atomic E-state index is -3.32. The molecule has 1 aliphatic heterocycles. The average Bonchev–Trinajstić information content (AvgIpc) is 2.54. The molecule has 1 heterocycles. The Morgan fingerprint density at radius 1 is 1.08 bits per heavy atom. The Morgan fingerprint density at radius 2 is 1.64 bits per heavy atom. The third-order valence-corrected chi connectivity index (χ3v) is 6.39. The van der Waals surface area contributed by atoms with Crippen LogP contribution in [0.5, 0.6) is 0 Å². The molecule has 1 aliphatic rings. The molecule has 0 unspecified atom stereocenters. The lowest BCUT2D eigenvalue weighted by molar-refractivity contribution is 0.0956. The van der Waals surface area contributed by atoms with Crippen LogP contribution in [0.25, 0.3) is 0 Å². The number of nitrogens with zero attached hydrogens (tertiary/aromatic N) is 2. The molecule has 140 valence electrons. The fourth-order valence-corrected chi connectivity index (χ4v) is 4.05. The summed E-state index contributed by atoms with van der Waals surface area (Å²) in [6, 6.07) is 7.45. The van der Waals surface area contributed by atoms with E-state index >= 15 is 0 Å². The highest BCUT2D eigenvalue weighted by molar-refractivity contribution is 7.89. The number of benzene rings is 1. The first-order valence-corrected chi connectivity index (χ1v) is 10.3. The predicted octanol–water partition coefficient (Wildman–Crippen LogP) is 1.29. The van der Waals surface area contributed by atoms with Crippen molar-refractivity contribution in [2.24, 2.45) is 0 Å². The second-order valence-corrected chi connectivity index (χ2v) is 9.69. The number of carbonyl (C=O) groups is 1. The SMILES string of the molecule is CN1CCN(S(=O)(=O)CCNC(=O)c2ccc(C(C)(C)C)cc2)CC1. The van der Waals surface area contributed by atoms with Crippen LogP contribution >= 0.6 is 0 Å². The molecule has 1 aromatic carbocycles. The first-order valence-electron chi connectivity index (χ1n) is 8.65. The number of hydrogen-bond donors (Lipinski definition) is 1. The molecule has 1 aromatic rings. The van der Waals surface area contributed by atoms with Crippen molar-refractivity contribution in [2.75, 3.05) is 45.5 Å². The van der Waals surface area contributed by atoms with E-state index in [1.807, 2.05) is 19.2 Å². The summed E-state index contributed by atoms with van der Waals surface area (Å²) in [5.74, 6) is -0.309. The van der Waals surface area contributed by atoms with Crippen molar-refractivity contribution in [3.8, 4) is 0 Å². The fourth-order valence-electron chi connectivity index (χ4n) is 2.71. The van der Waals surface area contributed by atoms with Crippen LogP contribution in [0, 0.1) is 0 Å². The van der Waals surface area contributed by atoms with E-state index in [4.69, 9.17) is 0 Å². The number of carbonyl (C=O) groups excluding carboxylic acids is 1. The van der Waals surface area contributed by atoms with Crippen LogP contribution in [-0.2, 0) is 15.4 Å². The number of piperazine rings is 1. The molecule has 1 saturated heterocycles. The van der Waals surface area contributed by atoms with E-state index in [1.54, 1.807) is 12.1 Å². The molecule has 0 spiro atoms. The van der Waals surface area contributed by atoms with Gasteiger partial charge in [-0.15, -0.1) is 0 Å². The number of sulfonamides is 1. The van der Waals surface area contributed by atoms with E-state index in [2.05, 4.69) is 31.0 Å². The summed E-state index contributed by atoms with van der Waals surface area (Å²) < 4.78 is 26.2. The van der Waals surface area contributed by atoms with Gasteiger partial charge in [-0.3, -0.25) is 4.79 Å². The highest BCUT2D eigenvalue weighted by atomic mass is 32.2. The van der Waals surface area contributed by atoms with Gasteiger partial charge in [0.05, 0.1) is 5.75 Å². The maximum atomic E-state index is 12.3. The largest absolute Gasteiger partial charge is 0.351 e. The highest BCUT2D eigenvalue weighted by Crippen LogP contribution is 2.22. The summed E-state index contributed by atoms with van der Waals surface area (Å²) in [5.41, 5.74) is 1.73. The van der Waals surface area contributed by atoms with E-state index < -0.39 is 10.0 Å². The second kappa shape index (κ2) is 7.85. The molecular formula is C18H29N3O3S. The smallest absolute Gasteiger partial charge is 0.251 e. The molecule has 0 radical (unpaired) electrons. The van der Waals surface area contributed by atoms with Crippen LogP contribution in [0.3, 0.4) is 0 Å². The van der Waals surface area contributed by atoms with Gasteiger partial charge < -0.3 is 10.2 Å². The molecule has 0 aromatic heterocycles. The minimum Gasteiger partial charge on any atom is -0.351 e. The van der Waals surface area contributed by atoms with Gasteiger partial charge in [-0.25, -0.2) is 8.42 Å². The lowest BCUT2D eigenvalue weighted by Crippen LogP contribution is -2.48. The first-order chi connectivity index (χ1) is 11.6. The maximum Gasteiger partial charge on any atom is 0.251 e. The number of amides is 1. The third-order valence-electron chi connectivity index (χ3n) is 4.51. The predicted molar refractivity (Wildman–Crippen MR) is 100 cm³/mol. The Bertz CT molecular complexity index is 685. The van der Waals surface area contributed by atoms with Gasteiger partial charge in [0.15, 0.2) is 0 Å². The van der Waals surface area contributed by atoms with Crippen molar-refractivity contribution in [3.63, 3.8) is 0 Å². The van der Waals surface area contributed by atoms with E-state index in [-0.39, 0.29) is 23.6 Å². The quantitative estimate of drug-likeness (QED) is 0.851. The minimum absolute atomic E-state index is 0.0333. The zero-order valence-electron chi connectivity index (χ0n) is 15.6. The van der Waals surface area contributed by atoms with Gasteiger partial charge >= 0.3 is 0 Å². The van der Waals surface area contributed by atoms with Gasteiger partial charge in [0, 0.05) is 38.3 Å². The summed E-state index contributed by atoms with van der Waals surface area (Å²) in [4.78, 5) is 14.3. The molecule has 7 heteroatoms. The van der Waals surface area contributed by atoms with Crippen LogP contribution in [0.2, 0.25) is 0 Å². The summed E-state index contributed by atoms with van der Waals surface area (Å²) in [6.07, 6.45) is 0. The Labute approximate surface area is 151 Å². The second-order valence-electron chi connectivity index (χ2n) is 7.60. The Hall–Kier alpha value is -1.44. The molecule has 0 atom stereocenters. The molecule has 0 bridgehead atoms. The van der Waals surface area contributed by atoms with Crippen molar-refractivity contribution in [1.29, 1.82) is 0 Å². The summed E-state index contributed by atoms with van der Waals surface area (Å²) in [7, 11) is -1.34. The molecule has 0 aliphatic carbocycles. The number of likely N-dealkylation sites (N-methyl/N-ethyl adjacent to an activating group) is 1. The lowest BCUT2D eigenvalue weighted by Gasteiger charge is -2.31. The fraction of sp³-hybridized carbons (Fsp3) is 0.611. The van der Waals surface area contributed by atoms with Crippen LogP contribution in [0.4, 0.5) is 0 Å². The molecular weight excluding hydrogens is 338 g/mol. The maximum absolute atomic E-state index is 12.3. The Kier molecular flexibility index (Phi) is 6.24. The van der Waals surface area contributed by atoms with Gasteiger partial charge in [-0.2, -0.15) is 4.31 Å². The van der Waals surface area contributed by atoms with Crippen LogP contribution in [0.15, 0.2) is 24.3 Å². The molecule has 1 N–H and O–H groups in total. The number of hydrogen-bond acceptors (Lipinski definition) is 4. The molecule has 6 nitrogen and oxygen atoms in total. The van der Waals surface area contributed by atoms with Gasteiger partial charge in [0.1, 0.15) is 0 Å². The zero-order chi connectivity index (χ0) is 18.7. The number of nitrogens with one attached hydrogen (secondary N) is 1. The third kappa shape index (κ3) is 5.52. The van der Waals surface area contributed by atoms with Gasteiger partial charge in [0.25, 0.3) is 5.91 Å². The molecule has 0 saturated carbocycles. The Morgan fingerprint density at radius 3 is 2.16 bits per heavy atom. The normalized spacial score (nSPS) is 17.4. The van der Waals surface area contributed by atoms with E-state index in [0.717, 1.165) is 18.7 Å². The first kappa shape index (κ1) is 19.9. The van der Waals surface area contributed by atoms with E-state index in [0.29, 0.717) is 18.7 Å². The lowest BCUT2D eigenvalue weighted by atomic mass is 9.87. The van der Waals surface area contributed by atoms with Gasteiger partial charge in [0.2, 0.25) is 10.0 Å².